The highest BCUT2D eigenvalue weighted by molar-refractivity contribution is 5.68. The average molecular weight is 385 g/mol. The maximum Gasteiger partial charge on any atom is 0.305 e. The Labute approximate surface area is 169 Å². The lowest BCUT2D eigenvalue weighted by molar-refractivity contribution is -0.140. The maximum absolute atomic E-state index is 11.0. The molecule has 27 heavy (non-hydrogen) atoms. The van der Waals surface area contributed by atoms with Gasteiger partial charge < -0.3 is 9.84 Å². The minimum Gasteiger partial charge on any atom is -0.469 e. The molecular weight excluding hydrogens is 336 g/mol. The van der Waals surface area contributed by atoms with Gasteiger partial charge in [0.25, 0.3) is 0 Å². The summed E-state index contributed by atoms with van der Waals surface area (Å²) in [6.45, 7) is 1.89. The van der Waals surface area contributed by atoms with E-state index in [2.05, 4.69) is 4.74 Å². The van der Waals surface area contributed by atoms with Gasteiger partial charge in [-0.1, -0.05) is 109 Å². The Kier molecular flexibility index (Phi) is 21.3. The van der Waals surface area contributed by atoms with E-state index in [0.717, 1.165) is 19.3 Å². The highest BCUT2D eigenvalue weighted by Gasteiger charge is 1.99. The van der Waals surface area contributed by atoms with Crippen LogP contribution < -0.4 is 0 Å². The maximum atomic E-state index is 11.0. The van der Waals surface area contributed by atoms with Crippen LogP contribution in [0.5, 0.6) is 0 Å². The molecular formula is C24H48O3. The smallest absolute Gasteiger partial charge is 0.305 e. The zero-order chi connectivity index (χ0) is 20.0. The molecule has 1 N–H and O–H groups in total. The molecule has 0 spiro atoms. The average Bonchev–Trinajstić information content (AvgIpc) is 2.65. The molecule has 3 heteroatoms. The van der Waals surface area contributed by atoms with Gasteiger partial charge in [-0.25, -0.2) is 0 Å². The highest BCUT2D eigenvalue weighted by Crippen LogP contribution is 2.15. The van der Waals surface area contributed by atoms with Crippen LogP contribution in [-0.2, 0) is 9.53 Å². The van der Waals surface area contributed by atoms with Gasteiger partial charge >= 0.3 is 5.97 Å². The van der Waals surface area contributed by atoms with Gasteiger partial charge in [0, 0.05) is 6.42 Å². The van der Waals surface area contributed by atoms with E-state index in [1.165, 1.54) is 110 Å². The summed E-state index contributed by atoms with van der Waals surface area (Å²) >= 11 is 0. The number of hydrogen-bond acceptors (Lipinski definition) is 3. The largest absolute Gasteiger partial charge is 0.469 e. The van der Waals surface area contributed by atoms with E-state index in [-0.39, 0.29) is 12.1 Å². The van der Waals surface area contributed by atoms with Gasteiger partial charge in [0.1, 0.15) is 0 Å². The molecule has 1 atom stereocenters. The summed E-state index contributed by atoms with van der Waals surface area (Å²) in [6.07, 6.45) is 25.4. The first-order valence-corrected chi connectivity index (χ1v) is 11.9. The molecule has 0 saturated carbocycles. The lowest BCUT2D eigenvalue weighted by Crippen LogP contribution is -1.99. The van der Waals surface area contributed by atoms with Crippen LogP contribution >= 0.6 is 0 Å². The van der Waals surface area contributed by atoms with Crippen molar-refractivity contribution in [3.8, 4) is 0 Å². The molecule has 0 aromatic heterocycles. The molecule has 3 nitrogen and oxygen atoms in total. The number of aliphatic hydroxyl groups excluding tert-OH is 1. The first-order chi connectivity index (χ1) is 13.2. The third-order valence-electron chi connectivity index (χ3n) is 5.48. The summed E-state index contributed by atoms with van der Waals surface area (Å²) in [7, 11) is 1.46. The van der Waals surface area contributed by atoms with E-state index in [9.17, 15) is 9.90 Å². The Morgan fingerprint density at radius 1 is 0.630 bits per heavy atom. The first-order valence-electron chi connectivity index (χ1n) is 11.9. The zero-order valence-electron chi connectivity index (χ0n) is 18.5. The van der Waals surface area contributed by atoms with Crippen LogP contribution in [0.2, 0.25) is 0 Å². The van der Waals surface area contributed by atoms with Crippen LogP contribution in [-0.4, -0.2) is 24.3 Å². The van der Waals surface area contributed by atoms with Crippen LogP contribution in [0, 0.1) is 0 Å². The summed E-state index contributed by atoms with van der Waals surface area (Å²) in [5, 5.41) is 9.21. The second kappa shape index (κ2) is 21.7. The van der Waals surface area contributed by atoms with E-state index in [0.29, 0.717) is 6.42 Å². The molecule has 162 valence electrons. The summed E-state index contributed by atoms with van der Waals surface area (Å²) in [4.78, 5) is 11.0. The fraction of sp³-hybridized carbons (Fsp3) is 0.958. The number of carbonyl (C=O) groups is 1. The summed E-state index contributed by atoms with van der Waals surface area (Å²) in [6, 6.07) is 0. The molecule has 0 aromatic carbocycles. The zero-order valence-corrected chi connectivity index (χ0v) is 18.5. The normalized spacial score (nSPS) is 12.3. The number of rotatable bonds is 21. The van der Waals surface area contributed by atoms with E-state index >= 15 is 0 Å². The van der Waals surface area contributed by atoms with Crippen LogP contribution in [0.25, 0.3) is 0 Å². The Bertz CT molecular complexity index is 302. The molecule has 0 saturated heterocycles. The Balaban J connectivity index is 3.02. The molecule has 0 aliphatic heterocycles. The van der Waals surface area contributed by atoms with Gasteiger partial charge in [0.05, 0.1) is 13.2 Å². The SMILES string of the molecule is COC(=O)CCCCCCCCCCCCCCCCCCCCC(C)O. The molecule has 0 radical (unpaired) electrons. The van der Waals surface area contributed by atoms with Gasteiger partial charge in [-0.3, -0.25) is 4.79 Å². The van der Waals surface area contributed by atoms with Crippen molar-refractivity contribution in [3.05, 3.63) is 0 Å². The van der Waals surface area contributed by atoms with Crippen LogP contribution in [0.3, 0.4) is 0 Å². The Hall–Kier alpha value is -0.570. The van der Waals surface area contributed by atoms with Crippen LogP contribution in [0.4, 0.5) is 0 Å². The molecule has 1 unspecified atom stereocenters. The van der Waals surface area contributed by atoms with Gasteiger partial charge in [0.2, 0.25) is 0 Å². The highest BCUT2D eigenvalue weighted by atomic mass is 16.5. The van der Waals surface area contributed by atoms with E-state index in [1.807, 2.05) is 6.92 Å². The van der Waals surface area contributed by atoms with Gasteiger partial charge in [-0.15, -0.1) is 0 Å². The molecule has 0 amide bonds. The quantitative estimate of drug-likeness (QED) is 0.166. The van der Waals surface area contributed by atoms with E-state index < -0.39 is 0 Å². The van der Waals surface area contributed by atoms with E-state index in [1.54, 1.807) is 0 Å². The molecule has 0 rings (SSSR count). The Morgan fingerprint density at radius 2 is 0.926 bits per heavy atom. The lowest BCUT2D eigenvalue weighted by atomic mass is 10.0. The van der Waals surface area contributed by atoms with Crippen molar-refractivity contribution in [1.29, 1.82) is 0 Å². The fourth-order valence-corrected chi connectivity index (χ4v) is 3.64. The topological polar surface area (TPSA) is 46.5 Å². The third kappa shape index (κ3) is 23.4. The third-order valence-corrected chi connectivity index (χ3v) is 5.48. The van der Waals surface area contributed by atoms with Crippen molar-refractivity contribution in [3.63, 3.8) is 0 Å². The monoisotopic (exact) mass is 384 g/mol. The van der Waals surface area contributed by atoms with Gasteiger partial charge in [-0.05, 0) is 19.8 Å². The minimum absolute atomic E-state index is 0.0704. The van der Waals surface area contributed by atoms with Crippen molar-refractivity contribution < 1.29 is 14.6 Å². The van der Waals surface area contributed by atoms with Gasteiger partial charge in [0.15, 0.2) is 0 Å². The number of esters is 1. The van der Waals surface area contributed by atoms with Crippen molar-refractivity contribution in [1.82, 2.24) is 0 Å². The van der Waals surface area contributed by atoms with Crippen molar-refractivity contribution >= 4 is 5.97 Å². The number of ether oxygens (including phenoxy) is 1. The number of carbonyl (C=O) groups excluding carboxylic acids is 1. The molecule has 0 heterocycles. The van der Waals surface area contributed by atoms with Crippen LogP contribution in [0.15, 0.2) is 0 Å². The number of aliphatic hydroxyl groups is 1. The number of hydrogen-bond donors (Lipinski definition) is 1. The second-order valence-corrected chi connectivity index (χ2v) is 8.33. The van der Waals surface area contributed by atoms with Crippen molar-refractivity contribution in [2.75, 3.05) is 7.11 Å². The fourth-order valence-electron chi connectivity index (χ4n) is 3.64. The standard InChI is InChI=1S/C24H48O3/c1-23(25)21-19-17-15-13-11-9-7-5-3-4-6-8-10-12-14-16-18-20-22-24(26)27-2/h23,25H,3-22H2,1-2H3. The minimum atomic E-state index is -0.116. The van der Waals surface area contributed by atoms with Crippen LogP contribution in [0.1, 0.15) is 135 Å². The number of unbranched alkanes of at least 4 members (excludes halogenated alkanes) is 17. The molecule has 0 aliphatic rings. The van der Waals surface area contributed by atoms with Gasteiger partial charge in [-0.2, -0.15) is 0 Å². The van der Waals surface area contributed by atoms with Crippen molar-refractivity contribution in [2.45, 2.75) is 141 Å². The summed E-state index contributed by atoms with van der Waals surface area (Å²) < 4.78 is 4.65. The predicted molar refractivity (Wildman–Crippen MR) is 116 cm³/mol. The Morgan fingerprint density at radius 3 is 1.22 bits per heavy atom. The molecule has 0 bridgehead atoms. The second-order valence-electron chi connectivity index (χ2n) is 8.33. The molecule has 0 fully saturated rings. The lowest BCUT2D eigenvalue weighted by Gasteiger charge is -2.05. The predicted octanol–water partition coefficient (Wildman–Crippen LogP) is 7.34. The van der Waals surface area contributed by atoms with E-state index in [4.69, 9.17) is 0 Å². The van der Waals surface area contributed by atoms with Crippen molar-refractivity contribution in [2.24, 2.45) is 0 Å². The molecule has 0 aliphatic carbocycles. The summed E-state index contributed by atoms with van der Waals surface area (Å²) in [5.74, 6) is -0.0704. The summed E-state index contributed by atoms with van der Waals surface area (Å²) in [5.41, 5.74) is 0. The first kappa shape index (κ1) is 26.4. The number of methoxy groups -OCH3 is 1. The molecule has 0 aromatic rings.